The first-order chi connectivity index (χ1) is 8.99. The third-order valence-electron chi connectivity index (χ3n) is 3.90. The summed E-state index contributed by atoms with van der Waals surface area (Å²) >= 11 is 0. The van der Waals surface area contributed by atoms with Crippen molar-refractivity contribution in [2.45, 2.75) is 32.2 Å². The van der Waals surface area contributed by atoms with Crippen molar-refractivity contribution in [3.8, 4) is 6.07 Å². The molecule has 5 heteroatoms. The molecule has 2 rings (SSSR count). The maximum absolute atomic E-state index is 13.5. The number of carbonyl (C=O) groups is 1. The van der Waals surface area contributed by atoms with E-state index in [1.54, 1.807) is 13.0 Å². The van der Waals surface area contributed by atoms with Crippen LogP contribution in [-0.2, 0) is 4.79 Å². The van der Waals surface area contributed by atoms with Gasteiger partial charge in [-0.05, 0) is 31.9 Å². The molecule has 0 heterocycles. The monoisotopic (exact) mass is 262 g/mol. The maximum atomic E-state index is 13.5. The van der Waals surface area contributed by atoms with E-state index >= 15 is 0 Å². The van der Waals surface area contributed by atoms with Gasteiger partial charge in [0.1, 0.15) is 17.4 Å². The van der Waals surface area contributed by atoms with Gasteiger partial charge in [0.2, 0.25) is 0 Å². The molecule has 0 bridgehead atoms. The van der Waals surface area contributed by atoms with Crippen LogP contribution in [0.25, 0.3) is 0 Å². The summed E-state index contributed by atoms with van der Waals surface area (Å²) in [5.41, 5.74) is -0.581. The largest absolute Gasteiger partial charge is 0.481 e. The van der Waals surface area contributed by atoms with Crippen molar-refractivity contribution in [2.75, 3.05) is 5.32 Å². The molecule has 1 aliphatic rings. The van der Waals surface area contributed by atoms with E-state index < -0.39 is 17.2 Å². The minimum atomic E-state index is -0.876. The molecule has 0 saturated heterocycles. The smallest absolute Gasteiger partial charge is 0.311 e. The lowest BCUT2D eigenvalue weighted by atomic mass is 9.84. The highest BCUT2D eigenvalue weighted by Crippen LogP contribution is 2.40. The zero-order chi connectivity index (χ0) is 14.0. The minimum Gasteiger partial charge on any atom is -0.481 e. The second-order valence-corrected chi connectivity index (χ2v) is 5.09. The number of hydrogen-bond acceptors (Lipinski definition) is 3. The predicted molar refractivity (Wildman–Crippen MR) is 68.1 cm³/mol. The van der Waals surface area contributed by atoms with Crippen molar-refractivity contribution in [3.05, 3.63) is 29.6 Å². The molecular weight excluding hydrogens is 247 g/mol. The van der Waals surface area contributed by atoms with E-state index in [0.29, 0.717) is 18.5 Å². The van der Waals surface area contributed by atoms with Crippen molar-refractivity contribution in [1.29, 1.82) is 5.26 Å². The topological polar surface area (TPSA) is 73.1 Å². The van der Waals surface area contributed by atoms with Gasteiger partial charge >= 0.3 is 5.97 Å². The number of hydrogen-bond donors (Lipinski definition) is 2. The Morgan fingerprint density at radius 2 is 2.37 bits per heavy atom. The SMILES string of the molecule is CC1(C(=O)O)CCCC1Nc1cccc(F)c1C#N. The average Bonchev–Trinajstić information content (AvgIpc) is 2.73. The molecule has 2 unspecified atom stereocenters. The van der Waals surface area contributed by atoms with E-state index in [1.165, 1.54) is 12.1 Å². The fourth-order valence-corrected chi connectivity index (χ4v) is 2.60. The summed E-state index contributed by atoms with van der Waals surface area (Å²) in [4.78, 5) is 11.4. The van der Waals surface area contributed by atoms with Gasteiger partial charge in [-0.25, -0.2) is 4.39 Å². The lowest BCUT2D eigenvalue weighted by molar-refractivity contribution is -0.147. The second-order valence-electron chi connectivity index (χ2n) is 5.09. The third kappa shape index (κ3) is 2.26. The number of carboxylic acid groups (broad SMARTS) is 1. The molecule has 0 radical (unpaired) electrons. The van der Waals surface area contributed by atoms with Crippen LogP contribution in [0.2, 0.25) is 0 Å². The molecule has 2 N–H and O–H groups in total. The van der Waals surface area contributed by atoms with Crippen LogP contribution in [0.3, 0.4) is 0 Å². The molecule has 100 valence electrons. The molecule has 4 nitrogen and oxygen atoms in total. The van der Waals surface area contributed by atoms with E-state index in [0.717, 1.165) is 6.42 Å². The van der Waals surface area contributed by atoms with Gasteiger partial charge in [-0.15, -0.1) is 0 Å². The molecule has 2 atom stereocenters. The number of nitriles is 1. The number of carboxylic acids is 1. The number of nitrogens with zero attached hydrogens (tertiary/aromatic N) is 1. The summed E-state index contributed by atoms with van der Waals surface area (Å²) in [5, 5.41) is 21.3. The molecular formula is C14H15FN2O2. The molecule has 1 aromatic rings. The number of aliphatic carboxylic acids is 1. The fourth-order valence-electron chi connectivity index (χ4n) is 2.60. The number of nitrogens with one attached hydrogen (secondary N) is 1. The Hall–Kier alpha value is -2.09. The summed E-state index contributed by atoms with van der Waals surface area (Å²) < 4.78 is 13.5. The van der Waals surface area contributed by atoms with E-state index in [2.05, 4.69) is 5.32 Å². The minimum absolute atomic E-state index is 0.0675. The Morgan fingerprint density at radius 1 is 1.63 bits per heavy atom. The highest BCUT2D eigenvalue weighted by atomic mass is 19.1. The first-order valence-electron chi connectivity index (χ1n) is 6.17. The van der Waals surface area contributed by atoms with Gasteiger partial charge in [0.15, 0.2) is 0 Å². The second kappa shape index (κ2) is 4.88. The first-order valence-corrected chi connectivity index (χ1v) is 6.17. The highest BCUT2D eigenvalue weighted by molar-refractivity contribution is 5.76. The number of rotatable bonds is 3. The molecule has 0 spiro atoms. The molecule has 0 aromatic heterocycles. The highest BCUT2D eigenvalue weighted by Gasteiger charge is 2.45. The Labute approximate surface area is 110 Å². The lowest BCUT2D eigenvalue weighted by Crippen LogP contribution is -2.40. The van der Waals surface area contributed by atoms with Gasteiger partial charge in [0.05, 0.1) is 11.1 Å². The summed E-state index contributed by atoms with van der Waals surface area (Å²) in [6, 6.07) is 5.84. The summed E-state index contributed by atoms with van der Waals surface area (Å²) in [6.07, 6.45) is 2.08. The zero-order valence-electron chi connectivity index (χ0n) is 10.6. The van der Waals surface area contributed by atoms with E-state index in [9.17, 15) is 14.3 Å². The normalized spacial score (nSPS) is 25.8. The van der Waals surface area contributed by atoms with Crippen molar-refractivity contribution < 1.29 is 14.3 Å². The van der Waals surface area contributed by atoms with Crippen LogP contribution in [0.15, 0.2) is 18.2 Å². The van der Waals surface area contributed by atoms with E-state index in [4.69, 9.17) is 5.26 Å². The first kappa shape index (κ1) is 13.3. The fraction of sp³-hybridized carbons (Fsp3) is 0.429. The van der Waals surface area contributed by atoms with Crippen molar-refractivity contribution in [3.63, 3.8) is 0 Å². The molecule has 0 aliphatic heterocycles. The van der Waals surface area contributed by atoms with Gasteiger partial charge < -0.3 is 10.4 Å². The quantitative estimate of drug-likeness (QED) is 0.878. The Bertz CT molecular complexity index is 553. The van der Waals surface area contributed by atoms with Crippen LogP contribution in [0.4, 0.5) is 10.1 Å². The third-order valence-corrected chi connectivity index (χ3v) is 3.90. The van der Waals surface area contributed by atoms with Gasteiger partial charge in [-0.3, -0.25) is 4.79 Å². The van der Waals surface area contributed by atoms with Crippen molar-refractivity contribution in [1.82, 2.24) is 0 Å². The number of anilines is 1. The summed E-state index contributed by atoms with van der Waals surface area (Å²) in [6.45, 7) is 1.69. The Kier molecular flexibility index (Phi) is 3.43. The maximum Gasteiger partial charge on any atom is 0.311 e. The average molecular weight is 262 g/mol. The summed E-state index contributed by atoms with van der Waals surface area (Å²) in [5.74, 6) is -1.46. The van der Waals surface area contributed by atoms with Crippen LogP contribution in [-0.4, -0.2) is 17.1 Å². The van der Waals surface area contributed by atoms with Crippen LogP contribution in [0.5, 0.6) is 0 Å². The molecule has 1 aliphatic carbocycles. The molecule has 1 fully saturated rings. The van der Waals surface area contributed by atoms with E-state index in [-0.39, 0.29) is 11.6 Å². The Balaban J connectivity index is 2.30. The van der Waals surface area contributed by atoms with Crippen LogP contribution < -0.4 is 5.32 Å². The molecule has 1 saturated carbocycles. The number of halogens is 1. The zero-order valence-corrected chi connectivity index (χ0v) is 10.6. The number of benzene rings is 1. The summed E-state index contributed by atoms with van der Waals surface area (Å²) in [7, 11) is 0. The predicted octanol–water partition coefficient (Wildman–Crippen LogP) is 2.75. The molecule has 19 heavy (non-hydrogen) atoms. The van der Waals surface area contributed by atoms with Gasteiger partial charge in [0.25, 0.3) is 0 Å². The Morgan fingerprint density at radius 3 is 3.00 bits per heavy atom. The molecule has 1 aromatic carbocycles. The van der Waals surface area contributed by atoms with Crippen LogP contribution >= 0.6 is 0 Å². The molecule has 0 amide bonds. The lowest BCUT2D eigenvalue weighted by Gasteiger charge is -2.28. The standard InChI is InChI=1S/C14H15FN2O2/c1-14(13(18)19)7-3-6-12(14)17-11-5-2-4-10(15)9(11)8-16/h2,4-5,12,17H,3,6-7H2,1H3,(H,18,19). The van der Waals surface area contributed by atoms with E-state index in [1.807, 2.05) is 6.07 Å². The van der Waals surface area contributed by atoms with Crippen molar-refractivity contribution >= 4 is 11.7 Å². The van der Waals surface area contributed by atoms with Gasteiger partial charge in [-0.2, -0.15) is 5.26 Å². The van der Waals surface area contributed by atoms with Crippen LogP contribution in [0.1, 0.15) is 31.7 Å². The van der Waals surface area contributed by atoms with Gasteiger partial charge in [0, 0.05) is 6.04 Å². The van der Waals surface area contributed by atoms with Crippen LogP contribution in [0, 0.1) is 22.6 Å². The van der Waals surface area contributed by atoms with Gasteiger partial charge in [-0.1, -0.05) is 12.5 Å². The van der Waals surface area contributed by atoms with Crippen molar-refractivity contribution in [2.24, 2.45) is 5.41 Å².